The van der Waals surface area contributed by atoms with Crippen LogP contribution >= 0.6 is 0 Å². The fourth-order valence-electron chi connectivity index (χ4n) is 1.87. The monoisotopic (exact) mass is 340 g/mol. The minimum Gasteiger partial charge on any atom is -0.463 e. The average Bonchev–Trinajstić information content (AvgIpc) is 2.43. The predicted octanol–water partition coefficient (Wildman–Crippen LogP) is 2.09. The second-order valence-corrected chi connectivity index (χ2v) is 6.37. The Morgan fingerprint density at radius 3 is 2.33 bits per heavy atom. The molecule has 8 heteroatoms. The lowest BCUT2D eigenvalue weighted by Crippen LogP contribution is -2.55. The molecule has 0 aliphatic carbocycles. The molecular formula is C16H28N4O4. The molecule has 0 saturated heterocycles. The lowest BCUT2D eigenvalue weighted by Gasteiger charge is -2.27. The van der Waals surface area contributed by atoms with Crippen LogP contribution in [-0.4, -0.2) is 42.2 Å². The molecule has 1 atom stereocenters. The van der Waals surface area contributed by atoms with Crippen LogP contribution in [0.2, 0.25) is 0 Å². The number of carbonyl (C=O) groups is 2. The molecule has 0 spiro atoms. The van der Waals surface area contributed by atoms with Gasteiger partial charge in [-0.15, -0.1) is 0 Å². The summed E-state index contributed by atoms with van der Waals surface area (Å²) in [7, 11) is 0. The van der Waals surface area contributed by atoms with Gasteiger partial charge in [-0.2, -0.15) is 5.26 Å². The largest absolute Gasteiger partial charge is 0.463 e. The quantitative estimate of drug-likeness (QED) is 0.269. The molecule has 0 bridgehead atoms. The van der Waals surface area contributed by atoms with E-state index in [0.29, 0.717) is 25.2 Å². The molecule has 1 amide bonds. The van der Waals surface area contributed by atoms with Crippen molar-refractivity contribution in [3.05, 3.63) is 0 Å². The molecule has 0 aliphatic rings. The zero-order chi connectivity index (χ0) is 18.8. The molecule has 0 aromatic rings. The summed E-state index contributed by atoms with van der Waals surface area (Å²) in [6.45, 7) is 8.98. The van der Waals surface area contributed by atoms with Crippen molar-refractivity contribution >= 4 is 17.9 Å². The molecule has 0 heterocycles. The van der Waals surface area contributed by atoms with E-state index in [1.807, 2.05) is 6.07 Å². The molecule has 0 rings (SSSR count). The van der Waals surface area contributed by atoms with Gasteiger partial charge in [-0.25, -0.2) is 9.59 Å². The van der Waals surface area contributed by atoms with Crippen LogP contribution < -0.4 is 10.6 Å². The zero-order valence-corrected chi connectivity index (χ0v) is 15.1. The molecule has 0 fully saturated rings. The topological polar surface area (TPSA) is 124 Å². The van der Waals surface area contributed by atoms with E-state index in [4.69, 9.17) is 14.9 Å². The van der Waals surface area contributed by atoms with Gasteiger partial charge >= 0.3 is 12.1 Å². The zero-order valence-electron chi connectivity index (χ0n) is 15.1. The van der Waals surface area contributed by atoms with Gasteiger partial charge in [0.15, 0.2) is 0 Å². The first-order chi connectivity index (χ1) is 11.1. The Bertz CT molecular complexity index is 493. The number of nitriles is 1. The molecule has 0 radical (unpaired) electrons. The highest BCUT2D eigenvalue weighted by Gasteiger charge is 2.42. The number of amides is 1. The van der Waals surface area contributed by atoms with E-state index in [1.165, 1.54) is 0 Å². The number of alkyl carbamates (subject to hydrolysis) is 1. The Labute approximate surface area is 143 Å². The smallest absolute Gasteiger partial charge is 0.409 e. The molecular weight excluding hydrogens is 312 g/mol. The number of amidine groups is 1. The first-order valence-electron chi connectivity index (χ1n) is 7.95. The minimum absolute atomic E-state index is 0.0975. The number of ether oxygens (including phenoxy) is 2. The number of unbranched alkanes of at least 4 members (excludes halogenated alkanes) is 1. The maximum atomic E-state index is 12.2. The molecule has 3 N–H and O–H groups in total. The second kappa shape index (κ2) is 9.75. The van der Waals surface area contributed by atoms with Crippen molar-refractivity contribution in [3.8, 4) is 6.07 Å². The van der Waals surface area contributed by atoms with E-state index in [-0.39, 0.29) is 13.0 Å². The summed E-state index contributed by atoms with van der Waals surface area (Å²) < 4.78 is 10.1. The van der Waals surface area contributed by atoms with Gasteiger partial charge in [0.2, 0.25) is 5.54 Å². The van der Waals surface area contributed by atoms with E-state index in [1.54, 1.807) is 34.6 Å². The highest BCUT2D eigenvalue weighted by atomic mass is 16.6. The van der Waals surface area contributed by atoms with E-state index in [9.17, 15) is 14.9 Å². The van der Waals surface area contributed by atoms with E-state index in [0.717, 1.165) is 0 Å². The van der Waals surface area contributed by atoms with Crippen molar-refractivity contribution in [2.24, 2.45) is 0 Å². The van der Waals surface area contributed by atoms with Gasteiger partial charge in [-0.3, -0.25) is 10.7 Å². The standard InChI is InChI=1S/C16H28N4O4/c1-6-23-13(21)16(11-17,9-7-8-10-19-12(2)18)20-14(22)24-15(3,4)5/h6-10H2,1-5H3,(H2,18,19)(H,20,22). The Balaban J connectivity index is 4.94. The molecule has 24 heavy (non-hydrogen) atoms. The molecule has 1 unspecified atom stereocenters. The predicted molar refractivity (Wildman–Crippen MR) is 89.6 cm³/mol. The van der Waals surface area contributed by atoms with Gasteiger partial charge in [0, 0.05) is 6.54 Å². The summed E-state index contributed by atoms with van der Waals surface area (Å²) in [6, 6.07) is 1.87. The summed E-state index contributed by atoms with van der Waals surface area (Å²) in [5, 5.41) is 22.0. The van der Waals surface area contributed by atoms with E-state index >= 15 is 0 Å². The average molecular weight is 340 g/mol. The van der Waals surface area contributed by atoms with Gasteiger partial charge in [-0.1, -0.05) is 0 Å². The van der Waals surface area contributed by atoms with Crippen LogP contribution in [0.1, 0.15) is 53.9 Å². The van der Waals surface area contributed by atoms with Crippen molar-refractivity contribution < 1.29 is 19.1 Å². The fraction of sp³-hybridized carbons (Fsp3) is 0.750. The van der Waals surface area contributed by atoms with Crippen LogP contribution in [0.5, 0.6) is 0 Å². The van der Waals surface area contributed by atoms with Crippen LogP contribution in [0.15, 0.2) is 0 Å². The summed E-state index contributed by atoms with van der Waals surface area (Å²) in [5.74, 6) is -0.451. The Kier molecular flexibility index (Phi) is 8.82. The Morgan fingerprint density at radius 2 is 1.88 bits per heavy atom. The third kappa shape index (κ3) is 8.36. The van der Waals surface area contributed by atoms with Gasteiger partial charge in [0.05, 0.1) is 12.4 Å². The number of nitrogens with zero attached hydrogens (tertiary/aromatic N) is 1. The van der Waals surface area contributed by atoms with Crippen molar-refractivity contribution in [2.75, 3.05) is 13.2 Å². The summed E-state index contributed by atoms with van der Waals surface area (Å²) >= 11 is 0. The van der Waals surface area contributed by atoms with E-state index < -0.39 is 23.2 Å². The number of hydrogen-bond acceptors (Lipinski definition) is 6. The van der Waals surface area contributed by atoms with Crippen molar-refractivity contribution in [3.63, 3.8) is 0 Å². The van der Waals surface area contributed by atoms with Crippen LogP contribution in [0.4, 0.5) is 4.79 Å². The third-order valence-corrected chi connectivity index (χ3v) is 2.90. The van der Waals surface area contributed by atoms with Gasteiger partial charge in [-0.05, 0) is 53.9 Å². The maximum Gasteiger partial charge on any atom is 0.409 e. The summed E-state index contributed by atoms with van der Waals surface area (Å²) in [6.07, 6.45) is 0.378. The van der Waals surface area contributed by atoms with Crippen molar-refractivity contribution in [1.82, 2.24) is 10.6 Å². The molecule has 0 aliphatic heterocycles. The number of hydrogen-bond donors (Lipinski definition) is 3. The van der Waals surface area contributed by atoms with Gasteiger partial charge in [0.25, 0.3) is 0 Å². The van der Waals surface area contributed by atoms with Crippen LogP contribution in [-0.2, 0) is 14.3 Å². The van der Waals surface area contributed by atoms with Gasteiger partial charge < -0.3 is 14.8 Å². The minimum atomic E-state index is -1.78. The number of carbonyl (C=O) groups excluding carboxylic acids is 2. The Hall–Kier alpha value is -2.30. The SMILES string of the molecule is CCOC(=O)C(C#N)(CCCCNC(C)=N)NC(=O)OC(C)(C)C. The van der Waals surface area contributed by atoms with E-state index in [2.05, 4.69) is 10.6 Å². The number of nitrogens with one attached hydrogen (secondary N) is 3. The van der Waals surface area contributed by atoms with Crippen LogP contribution in [0.25, 0.3) is 0 Å². The third-order valence-electron chi connectivity index (χ3n) is 2.90. The highest BCUT2D eigenvalue weighted by Crippen LogP contribution is 2.18. The molecule has 8 nitrogen and oxygen atoms in total. The molecule has 136 valence electrons. The molecule has 0 saturated carbocycles. The van der Waals surface area contributed by atoms with Gasteiger partial charge in [0.1, 0.15) is 11.7 Å². The second-order valence-electron chi connectivity index (χ2n) is 6.37. The summed E-state index contributed by atoms with van der Waals surface area (Å²) in [5.41, 5.74) is -2.52. The Morgan fingerprint density at radius 1 is 1.25 bits per heavy atom. The first kappa shape index (κ1) is 21.7. The lowest BCUT2D eigenvalue weighted by molar-refractivity contribution is -0.149. The molecule has 0 aromatic heterocycles. The maximum absolute atomic E-state index is 12.2. The van der Waals surface area contributed by atoms with Crippen molar-refractivity contribution in [1.29, 1.82) is 10.7 Å². The fourth-order valence-corrected chi connectivity index (χ4v) is 1.87. The lowest BCUT2D eigenvalue weighted by atomic mass is 9.94. The normalized spacial score (nSPS) is 13.2. The van der Waals surface area contributed by atoms with Crippen LogP contribution in [0.3, 0.4) is 0 Å². The summed E-state index contributed by atoms with van der Waals surface area (Å²) in [4.78, 5) is 24.2. The van der Waals surface area contributed by atoms with Crippen LogP contribution in [0, 0.1) is 16.7 Å². The van der Waals surface area contributed by atoms with Crippen molar-refractivity contribution in [2.45, 2.75) is 65.0 Å². The number of esters is 1. The molecule has 0 aromatic carbocycles. The highest BCUT2D eigenvalue weighted by molar-refractivity contribution is 5.89. The number of rotatable bonds is 8. The first-order valence-corrected chi connectivity index (χ1v) is 7.95.